The van der Waals surface area contributed by atoms with E-state index in [4.69, 9.17) is 4.74 Å². The van der Waals surface area contributed by atoms with Gasteiger partial charge in [0.1, 0.15) is 0 Å². The fourth-order valence-corrected chi connectivity index (χ4v) is 2.72. The summed E-state index contributed by atoms with van der Waals surface area (Å²) in [5.41, 5.74) is 1.86. The lowest BCUT2D eigenvalue weighted by atomic mass is 10.1. The van der Waals surface area contributed by atoms with Gasteiger partial charge in [0.15, 0.2) is 0 Å². The average Bonchev–Trinajstić information content (AvgIpc) is 2.42. The first kappa shape index (κ1) is 12.8. The van der Waals surface area contributed by atoms with E-state index in [-0.39, 0.29) is 11.7 Å². The Morgan fingerprint density at radius 3 is 3.32 bits per heavy atom. The predicted octanol–water partition coefficient (Wildman–Crippen LogP) is -0.780. The zero-order valence-corrected chi connectivity index (χ0v) is 11.3. The van der Waals surface area contributed by atoms with Gasteiger partial charge in [-0.2, -0.15) is 0 Å². The van der Waals surface area contributed by atoms with Crippen LogP contribution in [0.25, 0.3) is 0 Å². The zero-order chi connectivity index (χ0) is 13.2. The standard InChI is InChI=1S/C13H20N4O2/c1-16-4-5-19-10(7-16)8-17-9-15-12-6-14-3-2-11(12)13(17)18/h9-10,14H,2-8H2,1H3. The highest BCUT2D eigenvalue weighted by molar-refractivity contribution is 5.19. The van der Waals surface area contributed by atoms with Gasteiger partial charge in [-0.1, -0.05) is 0 Å². The third-order valence-corrected chi connectivity index (χ3v) is 3.81. The van der Waals surface area contributed by atoms with Gasteiger partial charge in [0.25, 0.3) is 5.56 Å². The molecule has 1 fully saturated rings. The number of rotatable bonds is 2. The van der Waals surface area contributed by atoms with Crippen molar-refractivity contribution in [3.63, 3.8) is 0 Å². The fraction of sp³-hybridized carbons (Fsp3) is 0.692. The molecule has 1 unspecified atom stereocenters. The van der Waals surface area contributed by atoms with Crippen LogP contribution in [0.3, 0.4) is 0 Å². The van der Waals surface area contributed by atoms with Crippen molar-refractivity contribution in [2.24, 2.45) is 0 Å². The van der Waals surface area contributed by atoms with Crippen molar-refractivity contribution in [1.29, 1.82) is 0 Å². The molecule has 1 aromatic rings. The Labute approximate surface area is 112 Å². The Balaban J connectivity index is 1.79. The lowest BCUT2D eigenvalue weighted by Crippen LogP contribution is -2.44. The number of nitrogens with zero attached hydrogens (tertiary/aromatic N) is 3. The summed E-state index contributed by atoms with van der Waals surface area (Å²) in [5.74, 6) is 0. The molecule has 3 rings (SSSR count). The number of ether oxygens (including phenoxy) is 1. The molecule has 0 spiro atoms. The number of hydrogen-bond donors (Lipinski definition) is 1. The summed E-state index contributed by atoms with van der Waals surface area (Å²) < 4.78 is 7.41. The van der Waals surface area contributed by atoms with Crippen LogP contribution in [0.4, 0.5) is 0 Å². The molecule has 1 atom stereocenters. The highest BCUT2D eigenvalue weighted by atomic mass is 16.5. The number of nitrogens with one attached hydrogen (secondary N) is 1. The summed E-state index contributed by atoms with van der Waals surface area (Å²) in [7, 11) is 2.08. The van der Waals surface area contributed by atoms with Crippen molar-refractivity contribution >= 4 is 0 Å². The SMILES string of the molecule is CN1CCOC(Cn2cnc3c(c2=O)CCNC3)C1. The number of fused-ring (bicyclic) bond motifs is 1. The minimum Gasteiger partial charge on any atom is -0.374 e. The molecule has 3 heterocycles. The molecule has 2 aliphatic heterocycles. The normalized spacial score (nSPS) is 24.2. The van der Waals surface area contributed by atoms with Crippen LogP contribution in [-0.2, 0) is 24.2 Å². The van der Waals surface area contributed by atoms with E-state index < -0.39 is 0 Å². The van der Waals surface area contributed by atoms with Crippen molar-refractivity contribution in [3.05, 3.63) is 27.9 Å². The molecule has 0 amide bonds. The van der Waals surface area contributed by atoms with E-state index in [9.17, 15) is 4.79 Å². The van der Waals surface area contributed by atoms with Crippen molar-refractivity contribution in [2.45, 2.75) is 25.6 Å². The van der Waals surface area contributed by atoms with Crippen LogP contribution in [-0.4, -0.2) is 53.8 Å². The second-order valence-corrected chi connectivity index (χ2v) is 5.31. The van der Waals surface area contributed by atoms with Crippen LogP contribution < -0.4 is 10.9 Å². The summed E-state index contributed by atoms with van der Waals surface area (Å²) in [6.45, 7) is 4.71. The molecule has 2 aliphatic rings. The van der Waals surface area contributed by atoms with Gasteiger partial charge < -0.3 is 15.0 Å². The Kier molecular flexibility index (Phi) is 3.63. The van der Waals surface area contributed by atoms with Gasteiger partial charge in [0.05, 0.1) is 31.3 Å². The fourth-order valence-electron chi connectivity index (χ4n) is 2.72. The smallest absolute Gasteiger partial charge is 0.256 e. The third kappa shape index (κ3) is 2.70. The molecule has 1 saturated heterocycles. The number of likely N-dealkylation sites (N-methyl/N-ethyl adjacent to an activating group) is 1. The average molecular weight is 264 g/mol. The van der Waals surface area contributed by atoms with Gasteiger partial charge in [0.2, 0.25) is 0 Å². The summed E-state index contributed by atoms with van der Waals surface area (Å²) in [5, 5.41) is 3.23. The van der Waals surface area contributed by atoms with Crippen LogP contribution in [0.1, 0.15) is 11.3 Å². The second kappa shape index (κ2) is 5.40. The topological polar surface area (TPSA) is 59.4 Å². The van der Waals surface area contributed by atoms with Crippen molar-refractivity contribution in [1.82, 2.24) is 19.8 Å². The van der Waals surface area contributed by atoms with E-state index in [0.717, 1.165) is 43.9 Å². The molecule has 1 N–H and O–H groups in total. The lowest BCUT2D eigenvalue weighted by molar-refractivity contribution is -0.0281. The monoisotopic (exact) mass is 264 g/mol. The Morgan fingerprint density at radius 2 is 2.47 bits per heavy atom. The zero-order valence-electron chi connectivity index (χ0n) is 11.3. The quantitative estimate of drug-likeness (QED) is 0.759. The highest BCUT2D eigenvalue weighted by Gasteiger charge is 2.20. The summed E-state index contributed by atoms with van der Waals surface area (Å²) in [6, 6.07) is 0. The van der Waals surface area contributed by atoms with Crippen LogP contribution >= 0.6 is 0 Å². The van der Waals surface area contributed by atoms with Gasteiger partial charge >= 0.3 is 0 Å². The third-order valence-electron chi connectivity index (χ3n) is 3.81. The summed E-state index contributed by atoms with van der Waals surface area (Å²) in [6.07, 6.45) is 2.51. The molecule has 104 valence electrons. The first-order chi connectivity index (χ1) is 9.24. The van der Waals surface area contributed by atoms with E-state index in [1.807, 2.05) is 0 Å². The van der Waals surface area contributed by atoms with E-state index in [2.05, 4.69) is 22.2 Å². The van der Waals surface area contributed by atoms with E-state index in [0.29, 0.717) is 13.1 Å². The molecule has 6 nitrogen and oxygen atoms in total. The number of morpholine rings is 1. The van der Waals surface area contributed by atoms with Gasteiger partial charge in [-0.25, -0.2) is 4.98 Å². The lowest BCUT2D eigenvalue weighted by Gasteiger charge is -2.30. The van der Waals surface area contributed by atoms with Gasteiger partial charge in [-0.15, -0.1) is 0 Å². The maximum Gasteiger partial charge on any atom is 0.256 e. The minimum atomic E-state index is 0.0815. The first-order valence-electron chi connectivity index (χ1n) is 6.82. The molecular formula is C13H20N4O2. The van der Waals surface area contributed by atoms with Gasteiger partial charge in [-0.3, -0.25) is 9.36 Å². The minimum absolute atomic E-state index is 0.0815. The van der Waals surface area contributed by atoms with Crippen molar-refractivity contribution < 1.29 is 4.74 Å². The largest absolute Gasteiger partial charge is 0.374 e. The predicted molar refractivity (Wildman–Crippen MR) is 71.1 cm³/mol. The molecule has 6 heteroatoms. The van der Waals surface area contributed by atoms with Crippen LogP contribution in [0.5, 0.6) is 0 Å². The number of hydrogen-bond acceptors (Lipinski definition) is 5. The Morgan fingerprint density at radius 1 is 1.58 bits per heavy atom. The molecule has 0 bridgehead atoms. The van der Waals surface area contributed by atoms with Gasteiger partial charge in [-0.05, 0) is 20.0 Å². The highest BCUT2D eigenvalue weighted by Crippen LogP contribution is 2.08. The Hall–Kier alpha value is -1.24. The molecular weight excluding hydrogens is 244 g/mol. The van der Waals surface area contributed by atoms with Crippen LogP contribution in [0, 0.1) is 0 Å². The van der Waals surface area contributed by atoms with Crippen molar-refractivity contribution in [3.8, 4) is 0 Å². The van der Waals surface area contributed by atoms with E-state index in [1.165, 1.54) is 0 Å². The maximum atomic E-state index is 12.4. The summed E-state index contributed by atoms with van der Waals surface area (Å²) in [4.78, 5) is 19.0. The maximum absolute atomic E-state index is 12.4. The first-order valence-corrected chi connectivity index (χ1v) is 6.82. The second-order valence-electron chi connectivity index (χ2n) is 5.31. The Bertz CT molecular complexity index is 514. The molecule has 1 aromatic heterocycles. The molecule has 19 heavy (non-hydrogen) atoms. The van der Waals surface area contributed by atoms with Crippen LogP contribution in [0.2, 0.25) is 0 Å². The summed E-state index contributed by atoms with van der Waals surface area (Å²) >= 11 is 0. The molecule has 0 aromatic carbocycles. The van der Waals surface area contributed by atoms with Crippen LogP contribution in [0.15, 0.2) is 11.1 Å². The molecule has 0 saturated carbocycles. The van der Waals surface area contributed by atoms with Crippen molar-refractivity contribution in [2.75, 3.05) is 33.3 Å². The molecule has 0 radical (unpaired) electrons. The van der Waals surface area contributed by atoms with Gasteiger partial charge in [0, 0.05) is 25.2 Å². The molecule has 0 aliphatic carbocycles. The van der Waals surface area contributed by atoms with E-state index >= 15 is 0 Å². The number of aromatic nitrogens is 2. The van der Waals surface area contributed by atoms with E-state index in [1.54, 1.807) is 10.9 Å².